The second-order valence-electron chi connectivity index (χ2n) is 4.84. The van der Waals surface area contributed by atoms with Crippen LogP contribution in [0.15, 0.2) is 60.8 Å². The van der Waals surface area contributed by atoms with Crippen molar-refractivity contribution in [3.8, 4) is 16.9 Å². The summed E-state index contributed by atoms with van der Waals surface area (Å²) in [7, 11) is 0. The summed E-state index contributed by atoms with van der Waals surface area (Å²) in [6.07, 6.45) is 1.53. The SMILES string of the molecule is O=C([O-])Cc1cn(-c2ccccc2)nc1-c1ccc(Cl)cc1. The van der Waals surface area contributed by atoms with E-state index in [1.54, 1.807) is 23.0 Å². The molecule has 110 valence electrons. The van der Waals surface area contributed by atoms with Crippen LogP contribution in [0.25, 0.3) is 16.9 Å². The first kappa shape index (κ1) is 14.4. The predicted octanol–water partition coefficient (Wildman–Crippen LogP) is 2.49. The first-order chi connectivity index (χ1) is 10.6. The van der Waals surface area contributed by atoms with E-state index in [0.717, 1.165) is 11.3 Å². The lowest BCUT2D eigenvalue weighted by atomic mass is 10.1. The molecule has 0 aliphatic carbocycles. The van der Waals surface area contributed by atoms with Crippen LogP contribution < -0.4 is 5.11 Å². The number of carbonyl (C=O) groups excluding carboxylic acids is 1. The average Bonchev–Trinajstić information content (AvgIpc) is 2.92. The number of halogens is 1. The summed E-state index contributed by atoms with van der Waals surface area (Å²) in [5.74, 6) is -1.14. The number of para-hydroxylation sites is 1. The maximum absolute atomic E-state index is 11.0. The normalized spacial score (nSPS) is 10.6. The molecule has 0 atom stereocenters. The van der Waals surface area contributed by atoms with Crippen molar-refractivity contribution in [1.82, 2.24) is 9.78 Å². The lowest BCUT2D eigenvalue weighted by molar-refractivity contribution is -0.304. The predicted molar refractivity (Wildman–Crippen MR) is 82.7 cm³/mol. The molecule has 0 unspecified atom stereocenters. The van der Waals surface area contributed by atoms with Crippen LogP contribution in [0.5, 0.6) is 0 Å². The lowest BCUT2D eigenvalue weighted by Crippen LogP contribution is -2.24. The van der Waals surface area contributed by atoms with Crippen LogP contribution in [0.4, 0.5) is 0 Å². The van der Waals surface area contributed by atoms with Gasteiger partial charge in [0, 0.05) is 34.7 Å². The molecule has 5 heteroatoms. The topological polar surface area (TPSA) is 57.9 Å². The molecule has 0 saturated carbocycles. The molecule has 2 aromatic carbocycles. The van der Waals surface area contributed by atoms with Crippen molar-refractivity contribution < 1.29 is 9.90 Å². The summed E-state index contributed by atoms with van der Waals surface area (Å²) in [6, 6.07) is 16.7. The molecule has 1 aromatic heterocycles. The van der Waals surface area contributed by atoms with Crippen LogP contribution in [-0.4, -0.2) is 15.7 Å². The molecule has 0 radical (unpaired) electrons. The Morgan fingerprint density at radius 1 is 1.09 bits per heavy atom. The minimum atomic E-state index is -1.14. The number of nitrogens with zero attached hydrogens (tertiary/aromatic N) is 2. The Bertz CT molecular complexity index is 795. The van der Waals surface area contributed by atoms with Crippen molar-refractivity contribution in [1.29, 1.82) is 0 Å². The molecule has 0 N–H and O–H groups in total. The van der Waals surface area contributed by atoms with Gasteiger partial charge in [0.2, 0.25) is 0 Å². The third-order valence-electron chi connectivity index (χ3n) is 3.26. The van der Waals surface area contributed by atoms with E-state index in [4.69, 9.17) is 11.6 Å². The summed E-state index contributed by atoms with van der Waals surface area (Å²) in [6.45, 7) is 0. The summed E-state index contributed by atoms with van der Waals surface area (Å²) in [4.78, 5) is 11.0. The van der Waals surface area contributed by atoms with Gasteiger partial charge in [0.25, 0.3) is 0 Å². The van der Waals surface area contributed by atoms with Crippen molar-refractivity contribution in [3.05, 3.63) is 71.4 Å². The molecule has 0 fully saturated rings. The Hall–Kier alpha value is -2.59. The summed E-state index contributed by atoms with van der Waals surface area (Å²) in [5, 5.41) is 16.1. The van der Waals surface area contributed by atoms with Gasteiger partial charge in [-0.1, -0.05) is 41.9 Å². The van der Waals surface area contributed by atoms with Gasteiger partial charge in [0.15, 0.2) is 0 Å². The number of aliphatic carboxylic acids is 1. The number of hydrogen-bond acceptors (Lipinski definition) is 3. The van der Waals surface area contributed by atoms with Crippen LogP contribution in [0, 0.1) is 0 Å². The van der Waals surface area contributed by atoms with E-state index in [1.807, 2.05) is 42.5 Å². The lowest BCUT2D eigenvalue weighted by Gasteiger charge is -2.03. The maximum Gasteiger partial charge on any atom is 0.0963 e. The Labute approximate surface area is 132 Å². The Morgan fingerprint density at radius 2 is 1.77 bits per heavy atom. The highest BCUT2D eigenvalue weighted by atomic mass is 35.5. The summed E-state index contributed by atoms with van der Waals surface area (Å²) >= 11 is 5.89. The minimum Gasteiger partial charge on any atom is -0.550 e. The highest BCUT2D eigenvalue weighted by Crippen LogP contribution is 2.25. The largest absolute Gasteiger partial charge is 0.550 e. The highest BCUT2D eigenvalue weighted by molar-refractivity contribution is 6.30. The van der Waals surface area contributed by atoms with Gasteiger partial charge in [-0.3, -0.25) is 0 Å². The van der Waals surface area contributed by atoms with Crippen molar-refractivity contribution in [2.45, 2.75) is 6.42 Å². The molecular weight excluding hydrogens is 300 g/mol. The Kier molecular flexibility index (Phi) is 3.94. The van der Waals surface area contributed by atoms with Crippen molar-refractivity contribution >= 4 is 17.6 Å². The molecular formula is C17H12ClN2O2-. The third-order valence-corrected chi connectivity index (χ3v) is 3.52. The standard InChI is InChI=1S/C17H13ClN2O2/c18-14-8-6-12(7-9-14)17-13(10-16(21)22)11-20(19-17)15-4-2-1-3-5-15/h1-9,11H,10H2,(H,21,22)/p-1. The average molecular weight is 312 g/mol. The number of carboxylic acids is 1. The maximum atomic E-state index is 11.0. The second kappa shape index (κ2) is 6.03. The van der Waals surface area contributed by atoms with Gasteiger partial charge in [0.1, 0.15) is 0 Å². The number of hydrogen-bond donors (Lipinski definition) is 0. The van der Waals surface area contributed by atoms with Crippen molar-refractivity contribution in [2.24, 2.45) is 0 Å². The van der Waals surface area contributed by atoms with Gasteiger partial charge >= 0.3 is 0 Å². The van der Waals surface area contributed by atoms with Gasteiger partial charge < -0.3 is 9.90 Å². The van der Waals surface area contributed by atoms with E-state index in [-0.39, 0.29) is 6.42 Å². The molecule has 0 spiro atoms. The summed E-state index contributed by atoms with van der Waals surface area (Å²) in [5.41, 5.74) is 2.90. The number of carbonyl (C=O) groups is 1. The van der Waals surface area contributed by atoms with Gasteiger partial charge in [-0.25, -0.2) is 4.68 Å². The van der Waals surface area contributed by atoms with Crippen LogP contribution in [0.3, 0.4) is 0 Å². The number of benzene rings is 2. The zero-order valence-electron chi connectivity index (χ0n) is 11.6. The van der Waals surface area contributed by atoms with E-state index in [9.17, 15) is 9.90 Å². The molecule has 4 nitrogen and oxygen atoms in total. The van der Waals surface area contributed by atoms with Crippen LogP contribution in [0.2, 0.25) is 5.02 Å². The zero-order valence-corrected chi connectivity index (χ0v) is 12.3. The van der Waals surface area contributed by atoms with Crippen LogP contribution in [-0.2, 0) is 11.2 Å². The number of aromatic nitrogens is 2. The van der Waals surface area contributed by atoms with E-state index in [2.05, 4.69) is 5.10 Å². The molecule has 3 aromatic rings. The highest BCUT2D eigenvalue weighted by Gasteiger charge is 2.12. The first-order valence-electron chi connectivity index (χ1n) is 6.73. The smallest absolute Gasteiger partial charge is 0.0963 e. The zero-order chi connectivity index (χ0) is 15.5. The quantitative estimate of drug-likeness (QED) is 0.744. The van der Waals surface area contributed by atoms with E-state index >= 15 is 0 Å². The minimum absolute atomic E-state index is 0.190. The molecule has 0 aliphatic heterocycles. The Morgan fingerprint density at radius 3 is 2.41 bits per heavy atom. The number of carboxylic acid groups (broad SMARTS) is 1. The monoisotopic (exact) mass is 311 g/mol. The number of rotatable bonds is 4. The molecule has 1 heterocycles. The first-order valence-corrected chi connectivity index (χ1v) is 7.11. The Balaban J connectivity index is 2.09. The van der Waals surface area contributed by atoms with E-state index < -0.39 is 5.97 Å². The summed E-state index contributed by atoms with van der Waals surface area (Å²) < 4.78 is 1.67. The van der Waals surface area contributed by atoms with Gasteiger partial charge in [-0.15, -0.1) is 0 Å². The van der Waals surface area contributed by atoms with Crippen molar-refractivity contribution in [3.63, 3.8) is 0 Å². The van der Waals surface area contributed by atoms with E-state index in [0.29, 0.717) is 16.3 Å². The molecule has 0 saturated heterocycles. The third kappa shape index (κ3) is 3.02. The van der Waals surface area contributed by atoms with Gasteiger partial charge in [-0.2, -0.15) is 5.10 Å². The molecule has 0 amide bonds. The molecule has 0 aliphatic rings. The van der Waals surface area contributed by atoms with E-state index in [1.165, 1.54) is 0 Å². The fourth-order valence-corrected chi connectivity index (χ4v) is 2.38. The van der Waals surface area contributed by atoms with Gasteiger partial charge in [-0.05, 0) is 24.3 Å². The van der Waals surface area contributed by atoms with Gasteiger partial charge in [0.05, 0.1) is 11.4 Å². The second-order valence-corrected chi connectivity index (χ2v) is 5.28. The fourth-order valence-electron chi connectivity index (χ4n) is 2.26. The van der Waals surface area contributed by atoms with Crippen molar-refractivity contribution in [2.75, 3.05) is 0 Å². The fraction of sp³-hybridized carbons (Fsp3) is 0.0588. The molecule has 22 heavy (non-hydrogen) atoms. The molecule has 3 rings (SSSR count). The van der Waals surface area contributed by atoms with Crippen LogP contribution >= 0.6 is 11.6 Å². The van der Waals surface area contributed by atoms with Crippen LogP contribution in [0.1, 0.15) is 5.56 Å². The molecule has 0 bridgehead atoms.